The van der Waals surface area contributed by atoms with Gasteiger partial charge in [0.05, 0.1) is 0 Å². The number of rotatable bonds is 13. The van der Waals surface area contributed by atoms with E-state index in [2.05, 4.69) is 19.2 Å². The smallest absolute Gasteiger partial charge is 0.0152 e. The standard InChI is InChI=1S/C24H45N.ClH/c1-3-5-6-7-8-9-10-11-12-13-14-24-18-20-15-21(19-24)17-22(16-20)23(24)25-4-2;/h20-23,25H,3-19H2,1-2H3;1H/t20-,21+,22?,23?,24?;. The lowest BCUT2D eigenvalue weighted by atomic mass is 9.46. The zero-order chi connectivity index (χ0) is 17.5. The molecule has 0 spiro atoms. The van der Waals surface area contributed by atoms with Crippen LogP contribution < -0.4 is 5.32 Å². The van der Waals surface area contributed by atoms with Gasteiger partial charge in [0.15, 0.2) is 0 Å². The van der Waals surface area contributed by atoms with Gasteiger partial charge in [-0.2, -0.15) is 0 Å². The molecule has 4 fully saturated rings. The summed E-state index contributed by atoms with van der Waals surface area (Å²) < 4.78 is 0. The molecule has 4 aliphatic carbocycles. The second-order valence-electron chi connectivity index (χ2n) is 9.94. The number of halogens is 1. The van der Waals surface area contributed by atoms with Crippen molar-refractivity contribution < 1.29 is 0 Å². The lowest BCUT2D eigenvalue weighted by Gasteiger charge is -2.62. The second kappa shape index (κ2) is 11.3. The molecule has 4 aliphatic rings. The van der Waals surface area contributed by atoms with Crippen molar-refractivity contribution in [3.8, 4) is 0 Å². The van der Waals surface area contributed by atoms with E-state index in [0.29, 0.717) is 5.41 Å². The Morgan fingerprint density at radius 3 is 1.81 bits per heavy atom. The quantitative estimate of drug-likeness (QED) is 0.324. The Morgan fingerprint density at radius 1 is 0.731 bits per heavy atom. The minimum absolute atomic E-state index is 0. The molecular weight excluding hydrogens is 338 g/mol. The van der Waals surface area contributed by atoms with E-state index < -0.39 is 0 Å². The molecule has 0 heterocycles. The van der Waals surface area contributed by atoms with Crippen LogP contribution in [0.3, 0.4) is 0 Å². The minimum Gasteiger partial charge on any atom is -0.313 e. The van der Waals surface area contributed by atoms with Gasteiger partial charge in [0.25, 0.3) is 0 Å². The highest BCUT2D eigenvalue weighted by Gasteiger charge is 2.55. The van der Waals surface area contributed by atoms with Crippen LogP contribution >= 0.6 is 12.4 Å². The normalized spacial score (nSPS) is 34.8. The van der Waals surface area contributed by atoms with Gasteiger partial charge in [-0.15, -0.1) is 12.4 Å². The lowest BCUT2D eigenvalue weighted by Crippen LogP contribution is -2.61. The molecule has 0 aromatic carbocycles. The van der Waals surface area contributed by atoms with Crippen molar-refractivity contribution in [2.75, 3.05) is 6.54 Å². The zero-order valence-electron chi connectivity index (χ0n) is 17.7. The van der Waals surface area contributed by atoms with Gasteiger partial charge in [0.1, 0.15) is 0 Å². The Hall–Kier alpha value is 0.250. The van der Waals surface area contributed by atoms with Crippen LogP contribution in [-0.4, -0.2) is 12.6 Å². The summed E-state index contributed by atoms with van der Waals surface area (Å²) in [7, 11) is 0. The first kappa shape index (κ1) is 22.5. The van der Waals surface area contributed by atoms with Gasteiger partial charge in [-0.05, 0) is 68.2 Å². The average Bonchev–Trinajstić information content (AvgIpc) is 2.59. The Kier molecular flexibility index (Phi) is 9.80. The molecule has 154 valence electrons. The number of hydrogen-bond acceptors (Lipinski definition) is 1. The maximum atomic E-state index is 3.95. The summed E-state index contributed by atoms with van der Waals surface area (Å²) in [6, 6.07) is 0.865. The molecule has 4 bridgehead atoms. The molecule has 0 aliphatic heterocycles. The molecule has 3 unspecified atom stereocenters. The van der Waals surface area contributed by atoms with E-state index in [4.69, 9.17) is 0 Å². The molecule has 4 saturated carbocycles. The topological polar surface area (TPSA) is 12.0 Å². The average molecular weight is 384 g/mol. The van der Waals surface area contributed by atoms with Crippen LogP contribution in [0.5, 0.6) is 0 Å². The molecule has 0 saturated heterocycles. The van der Waals surface area contributed by atoms with Gasteiger partial charge in [-0.1, -0.05) is 78.1 Å². The fourth-order valence-electron chi connectivity index (χ4n) is 7.14. The summed E-state index contributed by atoms with van der Waals surface area (Å²) in [5.41, 5.74) is 0.699. The van der Waals surface area contributed by atoms with Crippen molar-refractivity contribution in [1.29, 1.82) is 0 Å². The van der Waals surface area contributed by atoms with Crippen LogP contribution in [0.15, 0.2) is 0 Å². The van der Waals surface area contributed by atoms with Gasteiger partial charge < -0.3 is 5.32 Å². The number of nitrogens with one attached hydrogen (secondary N) is 1. The highest BCUT2D eigenvalue weighted by Crippen LogP contribution is 2.61. The third-order valence-corrected chi connectivity index (χ3v) is 7.91. The minimum atomic E-state index is 0. The van der Waals surface area contributed by atoms with E-state index in [-0.39, 0.29) is 12.4 Å². The Bertz CT molecular complexity index is 368. The fourth-order valence-corrected chi connectivity index (χ4v) is 7.14. The van der Waals surface area contributed by atoms with Gasteiger partial charge in [-0.25, -0.2) is 0 Å². The number of unbranched alkanes of at least 4 members (excludes halogenated alkanes) is 9. The summed E-state index contributed by atoms with van der Waals surface area (Å²) in [6.45, 7) is 5.81. The highest BCUT2D eigenvalue weighted by atomic mass is 35.5. The zero-order valence-corrected chi connectivity index (χ0v) is 18.6. The molecule has 26 heavy (non-hydrogen) atoms. The number of hydrogen-bond donors (Lipinski definition) is 1. The third-order valence-electron chi connectivity index (χ3n) is 7.91. The first-order valence-electron chi connectivity index (χ1n) is 12.0. The predicted molar refractivity (Wildman–Crippen MR) is 117 cm³/mol. The van der Waals surface area contributed by atoms with Crippen LogP contribution in [0.25, 0.3) is 0 Å². The summed E-state index contributed by atoms with van der Waals surface area (Å²) in [5.74, 6) is 3.21. The molecule has 4 rings (SSSR count). The second-order valence-corrected chi connectivity index (χ2v) is 9.94. The van der Waals surface area contributed by atoms with Crippen LogP contribution in [0, 0.1) is 23.2 Å². The van der Waals surface area contributed by atoms with Gasteiger partial charge in [0.2, 0.25) is 0 Å². The van der Waals surface area contributed by atoms with E-state index in [9.17, 15) is 0 Å². The van der Waals surface area contributed by atoms with E-state index in [1.54, 1.807) is 32.1 Å². The van der Waals surface area contributed by atoms with Crippen molar-refractivity contribution >= 4 is 12.4 Å². The fraction of sp³-hybridized carbons (Fsp3) is 1.00. The monoisotopic (exact) mass is 383 g/mol. The lowest BCUT2D eigenvalue weighted by molar-refractivity contribution is -0.0894. The molecule has 1 N–H and O–H groups in total. The summed E-state index contributed by atoms with van der Waals surface area (Å²) in [4.78, 5) is 0. The Balaban J connectivity index is 0.00000243. The molecule has 0 radical (unpaired) electrons. The van der Waals surface area contributed by atoms with Gasteiger partial charge in [0, 0.05) is 6.04 Å². The van der Waals surface area contributed by atoms with E-state index >= 15 is 0 Å². The molecule has 1 nitrogen and oxygen atoms in total. The molecule has 5 atom stereocenters. The maximum absolute atomic E-state index is 3.95. The first-order chi connectivity index (χ1) is 12.3. The first-order valence-corrected chi connectivity index (χ1v) is 12.0. The van der Waals surface area contributed by atoms with E-state index in [0.717, 1.165) is 23.8 Å². The Labute approximate surface area is 170 Å². The molecule has 2 heteroatoms. The molecule has 0 aromatic rings. The maximum Gasteiger partial charge on any atom is 0.0152 e. The molecule has 0 aromatic heterocycles. The van der Waals surface area contributed by atoms with Crippen LogP contribution in [0.4, 0.5) is 0 Å². The Morgan fingerprint density at radius 2 is 1.27 bits per heavy atom. The molecular formula is C24H46ClN. The van der Waals surface area contributed by atoms with Crippen molar-refractivity contribution in [2.45, 2.75) is 123 Å². The SMILES string of the molecule is CCCCCCCCCCCCC12C[C@@H]3CC(C[C@@H](C3)C1)C2NCC.Cl. The van der Waals surface area contributed by atoms with Crippen molar-refractivity contribution in [3.05, 3.63) is 0 Å². The van der Waals surface area contributed by atoms with Crippen LogP contribution in [0.1, 0.15) is 117 Å². The highest BCUT2D eigenvalue weighted by molar-refractivity contribution is 5.85. The van der Waals surface area contributed by atoms with Crippen LogP contribution in [-0.2, 0) is 0 Å². The largest absolute Gasteiger partial charge is 0.313 e. The summed E-state index contributed by atoms with van der Waals surface area (Å²) in [6.07, 6.45) is 24.1. The predicted octanol–water partition coefficient (Wildman–Crippen LogP) is 7.52. The van der Waals surface area contributed by atoms with Gasteiger partial charge >= 0.3 is 0 Å². The van der Waals surface area contributed by atoms with Crippen molar-refractivity contribution in [2.24, 2.45) is 23.2 Å². The van der Waals surface area contributed by atoms with E-state index in [1.807, 2.05) is 0 Å². The summed E-state index contributed by atoms with van der Waals surface area (Å²) in [5, 5.41) is 3.95. The van der Waals surface area contributed by atoms with E-state index in [1.165, 1.54) is 77.2 Å². The van der Waals surface area contributed by atoms with Crippen molar-refractivity contribution in [3.63, 3.8) is 0 Å². The summed E-state index contributed by atoms with van der Waals surface area (Å²) >= 11 is 0. The molecule has 0 amide bonds. The van der Waals surface area contributed by atoms with Crippen LogP contribution in [0.2, 0.25) is 0 Å². The van der Waals surface area contributed by atoms with Crippen molar-refractivity contribution in [1.82, 2.24) is 5.32 Å². The third kappa shape index (κ3) is 5.63. The van der Waals surface area contributed by atoms with Gasteiger partial charge in [-0.3, -0.25) is 0 Å².